The van der Waals surface area contributed by atoms with Gasteiger partial charge in [-0.15, -0.1) is 0 Å². The zero-order valence-corrected chi connectivity index (χ0v) is 16.0. The number of benzene rings is 2. The maximum atomic E-state index is 12.2. The molecule has 2 aromatic rings. The van der Waals surface area contributed by atoms with Gasteiger partial charge in [-0.25, -0.2) is 4.39 Å². The molecule has 138 valence electrons. The average molecular weight is 351 g/mol. The first-order valence-electron chi connectivity index (χ1n) is 10.2. The zero-order valence-electron chi connectivity index (χ0n) is 16.0. The third-order valence-corrected chi connectivity index (χ3v) is 5.78. The van der Waals surface area contributed by atoms with Crippen LogP contribution in [0, 0.1) is 5.92 Å². The van der Waals surface area contributed by atoms with E-state index in [1.165, 1.54) is 54.4 Å². The highest BCUT2D eigenvalue weighted by molar-refractivity contribution is 5.64. The highest BCUT2D eigenvalue weighted by atomic mass is 19.1. The fourth-order valence-electron chi connectivity index (χ4n) is 4.18. The van der Waals surface area contributed by atoms with Crippen molar-refractivity contribution in [3.8, 4) is 11.1 Å². The van der Waals surface area contributed by atoms with Crippen molar-refractivity contribution in [3.05, 3.63) is 71.8 Å². The lowest BCUT2D eigenvalue weighted by atomic mass is 9.77. The summed E-state index contributed by atoms with van der Waals surface area (Å²) in [5.74, 6) is 1.44. The first-order valence-corrected chi connectivity index (χ1v) is 10.2. The number of halogens is 1. The summed E-state index contributed by atoms with van der Waals surface area (Å²) in [4.78, 5) is 0. The molecule has 0 bridgehead atoms. The van der Waals surface area contributed by atoms with E-state index < -0.39 is 0 Å². The van der Waals surface area contributed by atoms with Crippen LogP contribution in [-0.2, 0) is 6.42 Å². The predicted molar refractivity (Wildman–Crippen MR) is 110 cm³/mol. The molecule has 0 unspecified atom stereocenters. The lowest BCUT2D eigenvalue weighted by Gasteiger charge is -2.28. The van der Waals surface area contributed by atoms with Gasteiger partial charge in [-0.2, -0.15) is 0 Å². The molecule has 0 heterocycles. The molecule has 0 saturated heterocycles. The van der Waals surface area contributed by atoms with E-state index in [-0.39, 0.29) is 6.67 Å². The van der Waals surface area contributed by atoms with Gasteiger partial charge in [0.25, 0.3) is 0 Å². The van der Waals surface area contributed by atoms with Gasteiger partial charge in [0, 0.05) is 0 Å². The summed E-state index contributed by atoms with van der Waals surface area (Å²) in [5, 5.41) is 0. The second kappa shape index (κ2) is 9.71. The van der Waals surface area contributed by atoms with Gasteiger partial charge < -0.3 is 0 Å². The molecule has 0 aromatic heterocycles. The molecule has 0 amide bonds. The molecule has 26 heavy (non-hydrogen) atoms. The van der Waals surface area contributed by atoms with E-state index in [4.69, 9.17) is 0 Å². The van der Waals surface area contributed by atoms with Crippen LogP contribution in [0.3, 0.4) is 0 Å². The molecule has 0 spiro atoms. The van der Waals surface area contributed by atoms with E-state index in [1.54, 1.807) is 6.08 Å². The minimum Gasteiger partial charge on any atom is -0.247 e. The second-order valence-corrected chi connectivity index (χ2v) is 7.65. The number of allylic oxidation sites excluding steroid dienone is 2. The van der Waals surface area contributed by atoms with Gasteiger partial charge in [-0.3, -0.25) is 0 Å². The van der Waals surface area contributed by atoms with Gasteiger partial charge >= 0.3 is 0 Å². The van der Waals surface area contributed by atoms with Gasteiger partial charge in [0.15, 0.2) is 0 Å². The molecule has 0 nitrogen and oxygen atoms in total. The lowest BCUT2D eigenvalue weighted by Crippen LogP contribution is -2.12. The van der Waals surface area contributed by atoms with Gasteiger partial charge in [0.1, 0.15) is 6.67 Å². The smallest absolute Gasteiger partial charge is 0.108 e. The summed E-state index contributed by atoms with van der Waals surface area (Å²) in [6, 6.07) is 18.2. The SMILES string of the molecule is CCCc1ccc(-c2ccc(C3CCC(C/C=C/CF)CC3)cc2)cc1. The predicted octanol–water partition coefficient (Wildman–Crippen LogP) is 7.50. The van der Waals surface area contributed by atoms with Crippen molar-refractivity contribution in [2.45, 2.75) is 57.8 Å². The average Bonchev–Trinajstić information content (AvgIpc) is 2.70. The Balaban J connectivity index is 1.57. The maximum Gasteiger partial charge on any atom is 0.108 e. The number of aryl methyl sites for hydroxylation is 1. The Morgan fingerprint density at radius 3 is 2.04 bits per heavy atom. The van der Waals surface area contributed by atoms with Crippen LogP contribution in [0.5, 0.6) is 0 Å². The quantitative estimate of drug-likeness (QED) is 0.454. The Bertz CT molecular complexity index is 673. The van der Waals surface area contributed by atoms with E-state index in [9.17, 15) is 4.39 Å². The number of hydrogen-bond donors (Lipinski definition) is 0. The van der Waals surface area contributed by atoms with Crippen molar-refractivity contribution >= 4 is 0 Å². The molecule has 2 aromatic carbocycles. The molecule has 0 N–H and O–H groups in total. The van der Waals surface area contributed by atoms with E-state index in [0.717, 1.165) is 18.8 Å². The van der Waals surface area contributed by atoms with Crippen LogP contribution in [0.1, 0.15) is 62.5 Å². The molecule has 1 aliphatic rings. The molecule has 1 heteroatoms. The Hall–Kier alpha value is -1.89. The topological polar surface area (TPSA) is 0 Å². The molecule has 0 atom stereocenters. The Morgan fingerprint density at radius 1 is 0.846 bits per heavy atom. The Kier molecular flexibility index (Phi) is 7.05. The second-order valence-electron chi connectivity index (χ2n) is 7.65. The summed E-state index contributed by atoms with van der Waals surface area (Å²) < 4.78 is 12.2. The summed E-state index contributed by atoms with van der Waals surface area (Å²) >= 11 is 0. The fraction of sp³-hybridized carbons (Fsp3) is 0.440. The number of alkyl halides is 1. The Morgan fingerprint density at radius 2 is 1.46 bits per heavy atom. The summed E-state index contributed by atoms with van der Waals surface area (Å²) in [5.41, 5.74) is 5.52. The standard InChI is InChI=1S/C25H31F/c1-2-5-20-7-11-22(12-8-20)24-15-17-25(18-16-24)23-13-9-21(10-14-23)6-3-4-19-26/h3-4,7-8,11-12,15-18,21,23H,2,5-6,9-10,13-14,19H2,1H3/b4-3+. The monoisotopic (exact) mass is 350 g/mol. The molecule has 1 aliphatic carbocycles. The molecular weight excluding hydrogens is 319 g/mol. The van der Waals surface area contributed by atoms with E-state index in [2.05, 4.69) is 55.5 Å². The van der Waals surface area contributed by atoms with Gasteiger partial charge in [-0.05, 0) is 72.6 Å². The van der Waals surface area contributed by atoms with Crippen molar-refractivity contribution < 1.29 is 4.39 Å². The highest BCUT2D eigenvalue weighted by Gasteiger charge is 2.21. The van der Waals surface area contributed by atoms with Crippen LogP contribution >= 0.6 is 0 Å². The van der Waals surface area contributed by atoms with E-state index >= 15 is 0 Å². The van der Waals surface area contributed by atoms with Crippen LogP contribution < -0.4 is 0 Å². The van der Waals surface area contributed by atoms with Crippen molar-refractivity contribution in [3.63, 3.8) is 0 Å². The van der Waals surface area contributed by atoms with Crippen LogP contribution in [0.25, 0.3) is 11.1 Å². The van der Waals surface area contributed by atoms with Gasteiger partial charge in [0.2, 0.25) is 0 Å². The lowest BCUT2D eigenvalue weighted by molar-refractivity contribution is 0.328. The summed E-state index contributed by atoms with van der Waals surface area (Å²) in [6.45, 7) is 1.89. The minimum atomic E-state index is -0.330. The minimum absolute atomic E-state index is 0.330. The fourth-order valence-corrected chi connectivity index (χ4v) is 4.18. The highest BCUT2D eigenvalue weighted by Crippen LogP contribution is 2.37. The van der Waals surface area contributed by atoms with Crippen molar-refractivity contribution in [1.82, 2.24) is 0 Å². The molecular formula is C25H31F. The van der Waals surface area contributed by atoms with Crippen molar-refractivity contribution in [2.75, 3.05) is 6.67 Å². The third kappa shape index (κ3) is 5.06. The number of rotatable bonds is 7. The molecule has 1 fully saturated rings. The molecule has 3 rings (SSSR count). The molecule has 1 saturated carbocycles. The van der Waals surface area contributed by atoms with Gasteiger partial charge in [-0.1, -0.05) is 74.0 Å². The van der Waals surface area contributed by atoms with Crippen LogP contribution in [0.15, 0.2) is 60.7 Å². The molecule has 0 radical (unpaired) electrons. The molecule has 0 aliphatic heterocycles. The summed E-state index contributed by atoms with van der Waals surface area (Å²) in [7, 11) is 0. The van der Waals surface area contributed by atoms with E-state index in [1.807, 2.05) is 6.08 Å². The first-order chi connectivity index (χ1) is 12.8. The van der Waals surface area contributed by atoms with Crippen molar-refractivity contribution in [1.29, 1.82) is 0 Å². The van der Waals surface area contributed by atoms with Crippen LogP contribution in [-0.4, -0.2) is 6.67 Å². The maximum absolute atomic E-state index is 12.2. The largest absolute Gasteiger partial charge is 0.247 e. The first kappa shape index (κ1) is 18.9. The summed E-state index contributed by atoms with van der Waals surface area (Å²) in [6.07, 6.45) is 12.1. The van der Waals surface area contributed by atoms with E-state index in [0.29, 0.717) is 5.92 Å². The van der Waals surface area contributed by atoms with Crippen LogP contribution in [0.2, 0.25) is 0 Å². The zero-order chi connectivity index (χ0) is 18.2. The normalized spacial score (nSPS) is 20.5. The van der Waals surface area contributed by atoms with Crippen LogP contribution in [0.4, 0.5) is 4.39 Å². The third-order valence-electron chi connectivity index (χ3n) is 5.78. The van der Waals surface area contributed by atoms with Crippen molar-refractivity contribution in [2.24, 2.45) is 5.92 Å². The Labute approximate surface area is 158 Å². The number of hydrogen-bond acceptors (Lipinski definition) is 0. The van der Waals surface area contributed by atoms with Gasteiger partial charge in [0.05, 0.1) is 0 Å².